The Morgan fingerprint density at radius 2 is 1.84 bits per heavy atom. The number of sulfonamides is 1. The molecule has 0 radical (unpaired) electrons. The highest BCUT2D eigenvalue weighted by Crippen LogP contribution is 2.17. The highest BCUT2D eigenvalue weighted by Gasteiger charge is 2.32. The summed E-state index contributed by atoms with van der Waals surface area (Å²) in [4.78, 5) is 3.74. The Morgan fingerprint density at radius 3 is 2.32 bits per heavy atom. The van der Waals surface area contributed by atoms with Crippen LogP contribution >= 0.6 is 15.9 Å². The van der Waals surface area contributed by atoms with Crippen molar-refractivity contribution in [2.75, 3.05) is 12.8 Å². The third-order valence-electron chi connectivity index (χ3n) is 2.68. The molecule has 0 aliphatic rings. The second kappa shape index (κ2) is 5.47. The van der Waals surface area contributed by atoms with Gasteiger partial charge in [0.25, 0.3) is 0 Å². The molecule has 0 atom stereocenters. The quantitative estimate of drug-likeness (QED) is 0.832. The van der Waals surface area contributed by atoms with Gasteiger partial charge in [-0.15, -0.1) is 0 Å². The lowest BCUT2D eigenvalue weighted by Crippen LogP contribution is -2.43. The van der Waals surface area contributed by atoms with E-state index in [1.165, 1.54) is 32.3 Å². The maximum atomic E-state index is 12.0. The number of aromatic nitrogens is 1. The van der Waals surface area contributed by atoms with Crippen LogP contribution in [0.25, 0.3) is 0 Å². The summed E-state index contributed by atoms with van der Waals surface area (Å²) in [6, 6.07) is 1.39. The summed E-state index contributed by atoms with van der Waals surface area (Å²) >= 11 is 3.13. The Kier molecular flexibility index (Phi) is 4.76. The molecular weight excluding hydrogens is 356 g/mol. The fourth-order valence-corrected chi connectivity index (χ4v) is 3.16. The maximum Gasteiger partial charge on any atom is 0.242 e. The van der Waals surface area contributed by atoms with Gasteiger partial charge in [-0.2, -0.15) is 0 Å². The molecule has 19 heavy (non-hydrogen) atoms. The van der Waals surface area contributed by atoms with E-state index in [1.807, 2.05) is 0 Å². The molecule has 0 unspecified atom stereocenters. The first-order valence-corrected chi connectivity index (χ1v) is 9.42. The van der Waals surface area contributed by atoms with Crippen LogP contribution in [0.4, 0.5) is 0 Å². The van der Waals surface area contributed by atoms with Crippen molar-refractivity contribution in [2.24, 2.45) is 0 Å². The molecule has 9 heteroatoms. The van der Waals surface area contributed by atoms with E-state index < -0.39 is 24.6 Å². The smallest absolute Gasteiger partial charge is 0.242 e. The van der Waals surface area contributed by atoms with Crippen molar-refractivity contribution >= 4 is 35.8 Å². The zero-order chi connectivity index (χ0) is 14.9. The molecule has 0 bridgehead atoms. The number of pyridine rings is 1. The fraction of sp³-hybridized carbons (Fsp3) is 0.500. The number of nitrogens with one attached hydrogen (secondary N) is 1. The summed E-state index contributed by atoms with van der Waals surface area (Å²) < 4.78 is 48.6. The number of rotatable bonds is 5. The Morgan fingerprint density at radius 1 is 1.26 bits per heavy atom. The van der Waals surface area contributed by atoms with E-state index in [1.54, 1.807) is 0 Å². The van der Waals surface area contributed by atoms with Crippen molar-refractivity contribution in [1.82, 2.24) is 9.71 Å². The maximum absolute atomic E-state index is 12.0. The highest BCUT2D eigenvalue weighted by molar-refractivity contribution is 9.10. The average Bonchev–Trinajstić information content (AvgIpc) is 2.25. The van der Waals surface area contributed by atoms with Gasteiger partial charge in [-0.25, -0.2) is 21.6 Å². The first-order chi connectivity index (χ1) is 8.46. The van der Waals surface area contributed by atoms with E-state index in [9.17, 15) is 16.8 Å². The van der Waals surface area contributed by atoms with Crippen LogP contribution in [0.3, 0.4) is 0 Å². The van der Waals surface area contributed by atoms with Gasteiger partial charge in [-0.3, -0.25) is 4.98 Å². The predicted octanol–water partition coefficient (Wildman–Crippen LogP) is 0.946. The van der Waals surface area contributed by atoms with Gasteiger partial charge in [0, 0.05) is 29.7 Å². The third-order valence-corrected chi connectivity index (χ3v) is 6.64. The Bertz CT molecular complexity index is 669. The second-order valence-electron chi connectivity index (χ2n) is 4.70. The minimum atomic E-state index is -3.78. The van der Waals surface area contributed by atoms with Crippen LogP contribution in [0.2, 0.25) is 0 Å². The SMILES string of the molecule is CC(C)(CNS(=O)(=O)c1cncc(Br)c1)S(C)(=O)=O. The van der Waals surface area contributed by atoms with Crippen molar-refractivity contribution in [3.63, 3.8) is 0 Å². The van der Waals surface area contributed by atoms with Crippen LogP contribution in [-0.2, 0) is 19.9 Å². The van der Waals surface area contributed by atoms with Crippen molar-refractivity contribution in [3.05, 3.63) is 22.9 Å². The molecule has 1 aromatic heterocycles. The molecule has 0 amide bonds. The van der Waals surface area contributed by atoms with Crippen LogP contribution in [0.15, 0.2) is 27.8 Å². The first kappa shape index (κ1) is 16.5. The molecule has 1 heterocycles. The summed E-state index contributed by atoms with van der Waals surface area (Å²) in [6.45, 7) is 2.72. The molecule has 1 aromatic rings. The standard InChI is InChI=1S/C10H15BrN2O4S2/c1-10(2,18(3,14)15)7-13-19(16,17)9-4-8(11)5-12-6-9/h4-6,13H,7H2,1-3H3. The number of nitrogens with zero attached hydrogens (tertiary/aromatic N) is 1. The molecule has 1 rings (SSSR count). The number of halogens is 1. The molecule has 0 fully saturated rings. The number of hydrogen-bond acceptors (Lipinski definition) is 5. The van der Waals surface area contributed by atoms with Gasteiger partial charge in [-0.05, 0) is 35.8 Å². The largest absolute Gasteiger partial charge is 0.262 e. The summed E-state index contributed by atoms with van der Waals surface area (Å²) in [5, 5.41) is 0. The molecule has 0 saturated carbocycles. The zero-order valence-electron chi connectivity index (χ0n) is 10.7. The summed E-state index contributed by atoms with van der Waals surface area (Å²) in [5.74, 6) is 0. The van der Waals surface area contributed by atoms with E-state index in [2.05, 4.69) is 25.6 Å². The van der Waals surface area contributed by atoms with Crippen molar-refractivity contribution in [3.8, 4) is 0 Å². The Hall–Kier alpha value is -0.510. The van der Waals surface area contributed by atoms with Gasteiger partial charge in [-0.1, -0.05) is 0 Å². The average molecular weight is 371 g/mol. The van der Waals surface area contributed by atoms with Crippen LogP contribution in [0.1, 0.15) is 13.8 Å². The summed E-state index contributed by atoms with van der Waals surface area (Å²) in [6.07, 6.45) is 3.72. The van der Waals surface area contributed by atoms with E-state index >= 15 is 0 Å². The third kappa shape index (κ3) is 4.23. The fourth-order valence-electron chi connectivity index (χ4n) is 1.02. The normalized spacial score (nSPS) is 13.5. The van der Waals surface area contributed by atoms with E-state index in [-0.39, 0.29) is 11.4 Å². The molecular formula is C10H15BrN2O4S2. The lowest BCUT2D eigenvalue weighted by Gasteiger charge is -2.22. The van der Waals surface area contributed by atoms with Crippen LogP contribution < -0.4 is 4.72 Å². The minimum Gasteiger partial charge on any atom is -0.262 e. The topological polar surface area (TPSA) is 93.2 Å². The Balaban J connectivity index is 2.95. The van der Waals surface area contributed by atoms with E-state index in [0.717, 1.165) is 6.26 Å². The van der Waals surface area contributed by atoms with Crippen molar-refractivity contribution in [2.45, 2.75) is 23.5 Å². The lowest BCUT2D eigenvalue weighted by atomic mass is 10.2. The van der Waals surface area contributed by atoms with E-state index in [0.29, 0.717) is 4.47 Å². The minimum absolute atomic E-state index is 0.0221. The van der Waals surface area contributed by atoms with Gasteiger partial charge in [0.2, 0.25) is 10.0 Å². The molecule has 1 N–H and O–H groups in total. The molecule has 0 saturated heterocycles. The van der Waals surface area contributed by atoms with Gasteiger partial charge in [0.15, 0.2) is 9.84 Å². The highest BCUT2D eigenvalue weighted by atomic mass is 79.9. The molecule has 0 aliphatic carbocycles. The van der Waals surface area contributed by atoms with Gasteiger partial charge >= 0.3 is 0 Å². The van der Waals surface area contributed by atoms with E-state index in [4.69, 9.17) is 0 Å². The number of sulfone groups is 1. The predicted molar refractivity (Wildman–Crippen MR) is 76.0 cm³/mol. The molecule has 6 nitrogen and oxygen atoms in total. The Labute approximate surface area is 121 Å². The molecule has 0 aliphatic heterocycles. The van der Waals surface area contributed by atoms with Gasteiger partial charge < -0.3 is 0 Å². The van der Waals surface area contributed by atoms with Gasteiger partial charge in [0.1, 0.15) is 4.90 Å². The van der Waals surface area contributed by atoms with Crippen molar-refractivity contribution < 1.29 is 16.8 Å². The van der Waals surface area contributed by atoms with Gasteiger partial charge in [0.05, 0.1) is 4.75 Å². The van der Waals surface area contributed by atoms with Crippen LogP contribution in [0, 0.1) is 0 Å². The molecule has 0 aromatic carbocycles. The second-order valence-corrected chi connectivity index (χ2v) is 10.0. The lowest BCUT2D eigenvalue weighted by molar-refractivity contribution is 0.537. The van der Waals surface area contributed by atoms with Crippen LogP contribution in [0.5, 0.6) is 0 Å². The first-order valence-electron chi connectivity index (χ1n) is 5.25. The van der Waals surface area contributed by atoms with Crippen LogP contribution in [-0.4, -0.2) is 39.4 Å². The summed E-state index contributed by atoms with van der Waals surface area (Å²) in [5.41, 5.74) is 0. The molecule has 108 valence electrons. The zero-order valence-corrected chi connectivity index (χ0v) is 13.9. The monoisotopic (exact) mass is 370 g/mol. The number of hydrogen-bond donors (Lipinski definition) is 1. The summed E-state index contributed by atoms with van der Waals surface area (Å²) in [7, 11) is -7.15. The molecule has 0 spiro atoms. The van der Waals surface area contributed by atoms with Crippen molar-refractivity contribution in [1.29, 1.82) is 0 Å².